The molecule has 0 saturated heterocycles. The van der Waals surface area contributed by atoms with Crippen molar-refractivity contribution in [1.82, 2.24) is 4.90 Å². The zero-order chi connectivity index (χ0) is 13.7. The third-order valence-corrected chi connectivity index (χ3v) is 2.84. The van der Waals surface area contributed by atoms with E-state index in [1.165, 1.54) is 6.07 Å². The van der Waals surface area contributed by atoms with Gasteiger partial charge in [-0.3, -0.25) is 4.90 Å². The van der Waals surface area contributed by atoms with E-state index in [4.69, 9.17) is 11.6 Å². The van der Waals surface area contributed by atoms with Crippen molar-refractivity contribution in [3.05, 3.63) is 34.6 Å². The first-order chi connectivity index (χ1) is 8.40. The lowest BCUT2D eigenvalue weighted by molar-refractivity contribution is 0.0788. The van der Waals surface area contributed by atoms with Gasteiger partial charge in [-0.2, -0.15) is 0 Å². The SMILES string of the molecule is C[C@@H](O)CN(Cc1c(F)cccc1Cl)C[C@@H](C)O. The first-order valence-corrected chi connectivity index (χ1v) is 6.29. The summed E-state index contributed by atoms with van der Waals surface area (Å²) in [6.45, 7) is 4.28. The molecule has 0 aliphatic carbocycles. The number of nitrogens with zero attached hydrogens (tertiary/aromatic N) is 1. The Morgan fingerprint density at radius 3 is 2.22 bits per heavy atom. The summed E-state index contributed by atoms with van der Waals surface area (Å²) in [5, 5.41) is 19.2. The van der Waals surface area contributed by atoms with Crippen LogP contribution in [0.1, 0.15) is 19.4 Å². The molecule has 0 aliphatic rings. The van der Waals surface area contributed by atoms with Crippen LogP contribution >= 0.6 is 11.6 Å². The minimum atomic E-state index is -0.547. The van der Waals surface area contributed by atoms with Crippen molar-refractivity contribution in [3.63, 3.8) is 0 Å². The molecule has 0 saturated carbocycles. The van der Waals surface area contributed by atoms with E-state index < -0.39 is 12.2 Å². The lowest BCUT2D eigenvalue weighted by Gasteiger charge is -2.25. The van der Waals surface area contributed by atoms with Crippen LogP contribution in [0, 0.1) is 5.82 Å². The van der Waals surface area contributed by atoms with E-state index in [1.54, 1.807) is 30.9 Å². The van der Waals surface area contributed by atoms with Crippen molar-refractivity contribution < 1.29 is 14.6 Å². The molecule has 0 bridgehead atoms. The zero-order valence-electron chi connectivity index (χ0n) is 10.6. The molecule has 0 aliphatic heterocycles. The van der Waals surface area contributed by atoms with Crippen molar-refractivity contribution in [3.8, 4) is 0 Å². The van der Waals surface area contributed by atoms with Gasteiger partial charge in [0.15, 0.2) is 0 Å². The predicted molar refractivity (Wildman–Crippen MR) is 70.0 cm³/mol. The van der Waals surface area contributed by atoms with Gasteiger partial charge in [-0.25, -0.2) is 4.39 Å². The predicted octanol–water partition coefficient (Wildman–Crippen LogP) is 2.04. The maximum atomic E-state index is 13.6. The minimum absolute atomic E-state index is 0.265. The maximum absolute atomic E-state index is 13.6. The van der Waals surface area contributed by atoms with Crippen LogP contribution < -0.4 is 0 Å². The standard InChI is InChI=1S/C13H19ClFNO2/c1-9(17)6-16(7-10(2)18)8-11-12(14)4-3-5-13(11)15/h3-5,9-10,17-18H,6-8H2,1-2H3/t9-,10-/m1/s1. The van der Waals surface area contributed by atoms with Gasteiger partial charge in [-0.15, -0.1) is 0 Å². The molecule has 2 atom stereocenters. The highest BCUT2D eigenvalue weighted by atomic mass is 35.5. The largest absolute Gasteiger partial charge is 0.392 e. The van der Waals surface area contributed by atoms with Crippen LogP contribution in [0.3, 0.4) is 0 Å². The van der Waals surface area contributed by atoms with Crippen LogP contribution in [0.2, 0.25) is 5.02 Å². The number of benzene rings is 1. The Kier molecular flexibility index (Phi) is 6.02. The highest BCUT2D eigenvalue weighted by molar-refractivity contribution is 6.31. The monoisotopic (exact) mass is 275 g/mol. The van der Waals surface area contributed by atoms with Gasteiger partial charge in [0.05, 0.1) is 12.2 Å². The fourth-order valence-corrected chi connectivity index (χ4v) is 2.08. The fourth-order valence-electron chi connectivity index (χ4n) is 1.86. The Morgan fingerprint density at radius 1 is 1.22 bits per heavy atom. The van der Waals surface area contributed by atoms with E-state index in [9.17, 15) is 14.6 Å². The molecule has 0 heterocycles. The highest BCUT2D eigenvalue weighted by Crippen LogP contribution is 2.21. The van der Waals surface area contributed by atoms with Crippen molar-refractivity contribution in [1.29, 1.82) is 0 Å². The lowest BCUT2D eigenvalue weighted by Crippen LogP contribution is -2.36. The molecular weight excluding hydrogens is 257 g/mol. The van der Waals surface area contributed by atoms with E-state index in [0.717, 1.165) is 0 Å². The summed E-state index contributed by atoms with van der Waals surface area (Å²) >= 11 is 5.96. The third kappa shape index (κ3) is 4.90. The Morgan fingerprint density at radius 2 is 1.78 bits per heavy atom. The van der Waals surface area contributed by atoms with Crippen LogP contribution in [-0.4, -0.2) is 40.4 Å². The summed E-state index contributed by atoms with van der Waals surface area (Å²) in [4.78, 5) is 1.78. The number of aliphatic hydroxyl groups is 2. The molecule has 1 rings (SSSR count). The van der Waals surface area contributed by atoms with Crippen LogP contribution in [0.25, 0.3) is 0 Å². The second-order valence-electron chi connectivity index (χ2n) is 4.59. The van der Waals surface area contributed by atoms with Gasteiger partial charge in [0.2, 0.25) is 0 Å². The molecule has 3 nitrogen and oxygen atoms in total. The quantitative estimate of drug-likeness (QED) is 0.835. The van der Waals surface area contributed by atoms with Gasteiger partial charge >= 0.3 is 0 Å². The molecule has 0 spiro atoms. The van der Waals surface area contributed by atoms with E-state index in [0.29, 0.717) is 23.7 Å². The maximum Gasteiger partial charge on any atom is 0.129 e. The summed E-state index contributed by atoms with van der Waals surface area (Å²) < 4.78 is 13.6. The Bertz CT molecular complexity index is 355. The number of rotatable bonds is 6. The normalized spacial score (nSPS) is 14.8. The second-order valence-corrected chi connectivity index (χ2v) is 5.00. The molecule has 1 aromatic carbocycles. The van der Waals surface area contributed by atoms with E-state index in [2.05, 4.69) is 0 Å². The number of hydrogen-bond acceptors (Lipinski definition) is 3. The smallest absolute Gasteiger partial charge is 0.129 e. The van der Waals surface area contributed by atoms with Gasteiger partial charge in [0.25, 0.3) is 0 Å². The van der Waals surface area contributed by atoms with Crippen molar-refractivity contribution in [2.75, 3.05) is 13.1 Å². The van der Waals surface area contributed by atoms with E-state index in [-0.39, 0.29) is 12.4 Å². The molecule has 102 valence electrons. The minimum Gasteiger partial charge on any atom is -0.392 e. The van der Waals surface area contributed by atoms with Crippen LogP contribution in [0.4, 0.5) is 4.39 Å². The summed E-state index contributed by atoms with van der Waals surface area (Å²) in [5.41, 5.74) is 0.389. The number of hydrogen-bond donors (Lipinski definition) is 2. The molecule has 18 heavy (non-hydrogen) atoms. The summed E-state index contributed by atoms with van der Waals surface area (Å²) in [6.07, 6.45) is -1.09. The van der Waals surface area contributed by atoms with Gasteiger partial charge < -0.3 is 10.2 Å². The topological polar surface area (TPSA) is 43.7 Å². The van der Waals surface area contributed by atoms with Crippen LogP contribution in [0.15, 0.2) is 18.2 Å². The molecule has 0 amide bonds. The Balaban J connectivity index is 2.81. The number of halogens is 2. The molecule has 0 unspecified atom stereocenters. The van der Waals surface area contributed by atoms with Gasteiger partial charge in [0, 0.05) is 30.2 Å². The third-order valence-electron chi connectivity index (χ3n) is 2.49. The zero-order valence-corrected chi connectivity index (χ0v) is 11.4. The molecule has 5 heteroatoms. The first-order valence-electron chi connectivity index (χ1n) is 5.91. The van der Waals surface area contributed by atoms with E-state index >= 15 is 0 Å². The molecule has 1 aromatic rings. The van der Waals surface area contributed by atoms with Crippen molar-refractivity contribution in [2.24, 2.45) is 0 Å². The molecule has 2 N–H and O–H groups in total. The van der Waals surface area contributed by atoms with Crippen molar-refractivity contribution >= 4 is 11.6 Å². The fraction of sp³-hybridized carbons (Fsp3) is 0.538. The Hall–Kier alpha value is -0.680. The van der Waals surface area contributed by atoms with Gasteiger partial charge in [-0.1, -0.05) is 17.7 Å². The molecule has 0 radical (unpaired) electrons. The summed E-state index contributed by atoms with van der Waals surface area (Å²) in [6, 6.07) is 4.53. The van der Waals surface area contributed by atoms with Crippen LogP contribution in [-0.2, 0) is 6.54 Å². The average Bonchev–Trinajstić information content (AvgIpc) is 2.21. The summed E-state index contributed by atoms with van der Waals surface area (Å²) in [5.74, 6) is -0.372. The van der Waals surface area contributed by atoms with Gasteiger partial charge in [-0.05, 0) is 26.0 Å². The van der Waals surface area contributed by atoms with Gasteiger partial charge in [0.1, 0.15) is 5.82 Å². The second kappa shape index (κ2) is 7.04. The van der Waals surface area contributed by atoms with E-state index in [1.807, 2.05) is 0 Å². The molecular formula is C13H19ClFNO2. The molecule has 0 fully saturated rings. The van der Waals surface area contributed by atoms with Crippen molar-refractivity contribution in [2.45, 2.75) is 32.6 Å². The first kappa shape index (κ1) is 15.4. The Labute approximate surface area is 112 Å². The lowest BCUT2D eigenvalue weighted by atomic mass is 10.1. The number of aliphatic hydroxyl groups excluding tert-OH is 2. The average molecular weight is 276 g/mol. The molecule has 0 aromatic heterocycles. The highest BCUT2D eigenvalue weighted by Gasteiger charge is 2.15. The van der Waals surface area contributed by atoms with Crippen LogP contribution in [0.5, 0.6) is 0 Å². The summed E-state index contributed by atoms with van der Waals surface area (Å²) in [7, 11) is 0.